The molecule has 1 aromatic carbocycles. The lowest BCUT2D eigenvalue weighted by Crippen LogP contribution is -2.53. The fourth-order valence-electron chi connectivity index (χ4n) is 3.23. The lowest BCUT2D eigenvalue weighted by Gasteiger charge is -2.36. The summed E-state index contributed by atoms with van der Waals surface area (Å²) in [7, 11) is 0. The van der Waals surface area contributed by atoms with E-state index in [0.717, 1.165) is 6.42 Å². The molecule has 3 rings (SSSR count). The predicted octanol–water partition coefficient (Wildman–Crippen LogP) is 2.21. The molecule has 1 aromatic rings. The van der Waals surface area contributed by atoms with E-state index in [4.69, 9.17) is 33.7 Å². The second-order valence-electron chi connectivity index (χ2n) is 6.30. The number of carbonyl (C=O) groups is 2. The molecule has 2 amide bonds. The fourth-order valence-corrected chi connectivity index (χ4v) is 3.72. The molecule has 2 atom stereocenters. The van der Waals surface area contributed by atoms with E-state index in [2.05, 4.69) is 0 Å². The van der Waals surface area contributed by atoms with Crippen molar-refractivity contribution in [2.75, 3.05) is 32.7 Å². The zero-order valence-corrected chi connectivity index (χ0v) is 16.5. The van der Waals surface area contributed by atoms with Gasteiger partial charge in [0.2, 0.25) is 0 Å². The molecule has 2 aliphatic heterocycles. The van der Waals surface area contributed by atoms with E-state index in [-0.39, 0.29) is 30.3 Å². The quantitative estimate of drug-likeness (QED) is 0.810. The molecule has 0 saturated carbocycles. The third-order valence-electron chi connectivity index (χ3n) is 4.69. The molecular formula is C17H22Cl3N3O3. The topological polar surface area (TPSA) is 75.9 Å². The molecular weight excluding hydrogens is 401 g/mol. The van der Waals surface area contributed by atoms with Crippen molar-refractivity contribution >= 4 is 47.4 Å². The maximum atomic E-state index is 12.6. The average molecular weight is 423 g/mol. The Balaban J connectivity index is 0.00000243. The van der Waals surface area contributed by atoms with Gasteiger partial charge in [-0.25, -0.2) is 0 Å². The van der Waals surface area contributed by atoms with Crippen LogP contribution >= 0.6 is 35.6 Å². The molecule has 0 spiro atoms. The summed E-state index contributed by atoms with van der Waals surface area (Å²) in [6.45, 7) is 2.35. The molecule has 26 heavy (non-hydrogen) atoms. The van der Waals surface area contributed by atoms with Crippen LogP contribution < -0.4 is 5.73 Å². The highest BCUT2D eigenvalue weighted by atomic mass is 35.5. The van der Waals surface area contributed by atoms with Crippen LogP contribution in [-0.2, 0) is 9.53 Å². The smallest absolute Gasteiger partial charge is 0.255 e. The summed E-state index contributed by atoms with van der Waals surface area (Å²) < 4.78 is 5.67. The molecule has 9 heteroatoms. The number of amides is 2. The Hall–Kier alpha value is -1.05. The molecule has 0 aliphatic carbocycles. The number of piperazine rings is 1. The summed E-state index contributed by atoms with van der Waals surface area (Å²) in [6, 6.07) is 4.83. The molecule has 0 unspecified atom stereocenters. The Morgan fingerprint density at radius 3 is 2.35 bits per heavy atom. The highest BCUT2D eigenvalue weighted by molar-refractivity contribution is 6.36. The zero-order valence-electron chi connectivity index (χ0n) is 14.2. The lowest BCUT2D eigenvalue weighted by atomic mass is 10.1. The van der Waals surface area contributed by atoms with Gasteiger partial charge in [-0.05, 0) is 31.0 Å². The largest absolute Gasteiger partial charge is 0.364 e. The molecule has 144 valence electrons. The number of nitrogens with two attached hydrogens (primary N) is 1. The molecule has 6 nitrogen and oxygen atoms in total. The zero-order chi connectivity index (χ0) is 18.0. The Morgan fingerprint density at radius 2 is 1.77 bits per heavy atom. The number of halogens is 3. The van der Waals surface area contributed by atoms with E-state index in [1.807, 2.05) is 0 Å². The van der Waals surface area contributed by atoms with Gasteiger partial charge >= 0.3 is 0 Å². The van der Waals surface area contributed by atoms with E-state index in [1.54, 1.807) is 28.0 Å². The van der Waals surface area contributed by atoms with Gasteiger partial charge in [0.1, 0.15) is 6.10 Å². The van der Waals surface area contributed by atoms with Crippen LogP contribution in [0.5, 0.6) is 0 Å². The first-order valence-corrected chi connectivity index (χ1v) is 9.14. The van der Waals surface area contributed by atoms with Gasteiger partial charge in [0.15, 0.2) is 0 Å². The van der Waals surface area contributed by atoms with E-state index in [1.165, 1.54) is 0 Å². The Labute approximate surface area is 168 Å². The monoisotopic (exact) mass is 421 g/mol. The normalized spacial score (nSPS) is 22.9. The molecule has 2 fully saturated rings. The first-order chi connectivity index (χ1) is 12.0. The van der Waals surface area contributed by atoms with Crippen LogP contribution in [0.3, 0.4) is 0 Å². The Morgan fingerprint density at radius 1 is 1.12 bits per heavy atom. The first kappa shape index (κ1) is 21.3. The molecule has 2 N–H and O–H groups in total. The van der Waals surface area contributed by atoms with Crippen molar-refractivity contribution in [1.29, 1.82) is 0 Å². The highest BCUT2D eigenvalue weighted by Crippen LogP contribution is 2.24. The minimum absolute atomic E-state index is 0. The molecule has 0 aromatic heterocycles. The van der Waals surface area contributed by atoms with Crippen molar-refractivity contribution in [3.63, 3.8) is 0 Å². The van der Waals surface area contributed by atoms with Crippen LogP contribution in [0.1, 0.15) is 23.2 Å². The minimum Gasteiger partial charge on any atom is -0.364 e. The van der Waals surface area contributed by atoms with Crippen molar-refractivity contribution in [2.24, 2.45) is 5.73 Å². The standard InChI is InChI=1S/C17H21Cl2N3O3.ClH/c18-11-1-3-13(14(19)9-11)16(23)21-5-7-22(8-6-21)17(24)15-4-2-12(10-20)25-15;/h1,3,9,12,15H,2,4-8,10,20H2;1H/t12-,15+;/m1./s1. The molecule has 2 heterocycles. The van der Waals surface area contributed by atoms with E-state index >= 15 is 0 Å². The summed E-state index contributed by atoms with van der Waals surface area (Å²) in [5.41, 5.74) is 6.02. The van der Waals surface area contributed by atoms with Crippen molar-refractivity contribution < 1.29 is 14.3 Å². The van der Waals surface area contributed by atoms with Crippen LogP contribution in [0, 0.1) is 0 Å². The second kappa shape index (κ2) is 9.24. The Kier molecular flexibility index (Phi) is 7.55. The third kappa shape index (κ3) is 4.61. The number of hydrogen-bond donors (Lipinski definition) is 1. The van der Waals surface area contributed by atoms with E-state index < -0.39 is 6.10 Å². The third-order valence-corrected chi connectivity index (χ3v) is 5.23. The van der Waals surface area contributed by atoms with Crippen molar-refractivity contribution in [3.8, 4) is 0 Å². The highest BCUT2D eigenvalue weighted by Gasteiger charge is 2.34. The maximum Gasteiger partial charge on any atom is 0.255 e. The molecule has 0 radical (unpaired) electrons. The second-order valence-corrected chi connectivity index (χ2v) is 7.15. The minimum atomic E-state index is -0.401. The summed E-state index contributed by atoms with van der Waals surface area (Å²) in [6.07, 6.45) is 1.10. The van der Waals surface area contributed by atoms with Crippen LogP contribution in [0.15, 0.2) is 18.2 Å². The van der Waals surface area contributed by atoms with Crippen LogP contribution in [0.25, 0.3) is 0 Å². The number of carbonyl (C=O) groups excluding carboxylic acids is 2. The number of hydrogen-bond acceptors (Lipinski definition) is 4. The predicted molar refractivity (Wildman–Crippen MR) is 103 cm³/mol. The molecule has 0 bridgehead atoms. The summed E-state index contributed by atoms with van der Waals surface area (Å²) in [5.74, 6) is -0.151. The average Bonchev–Trinajstić information content (AvgIpc) is 3.10. The number of benzene rings is 1. The number of nitrogens with zero attached hydrogens (tertiary/aromatic N) is 2. The van der Waals surface area contributed by atoms with Gasteiger partial charge in [-0.1, -0.05) is 23.2 Å². The van der Waals surface area contributed by atoms with Gasteiger partial charge in [0, 0.05) is 37.7 Å². The SMILES string of the molecule is Cl.NC[C@H]1CC[C@@H](C(=O)N2CCN(C(=O)c3ccc(Cl)cc3Cl)CC2)O1. The van der Waals surface area contributed by atoms with Crippen LogP contribution in [-0.4, -0.2) is 66.5 Å². The summed E-state index contributed by atoms with van der Waals surface area (Å²) >= 11 is 12.0. The number of ether oxygens (including phenoxy) is 1. The van der Waals surface area contributed by atoms with Gasteiger partial charge in [-0.2, -0.15) is 0 Å². The number of rotatable bonds is 3. The summed E-state index contributed by atoms with van der Waals surface area (Å²) in [5, 5.41) is 0.826. The van der Waals surface area contributed by atoms with E-state index in [0.29, 0.717) is 54.8 Å². The van der Waals surface area contributed by atoms with Gasteiger partial charge in [0.05, 0.1) is 16.7 Å². The Bertz CT molecular complexity index is 666. The summed E-state index contributed by atoms with van der Waals surface area (Å²) in [4.78, 5) is 28.6. The first-order valence-electron chi connectivity index (χ1n) is 8.38. The molecule has 2 saturated heterocycles. The van der Waals surface area contributed by atoms with Crippen molar-refractivity contribution in [3.05, 3.63) is 33.8 Å². The molecule has 2 aliphatic rings. The van der Waals surface area contributed by atoms with Crippen molar-refractivity contribution in [1.82, 2.24) is 9.80 Å². The lowest BCUT2D eigenvalue weighted by molar-refractivity contribution is -0.144. The van der Waals surface area contributed by atoms with E-state index in [9.17, 15) is 9.59 Å². The van der Waals surface area contributed by atoms with Crippen LogP contribution in [0.4, 0.5) is 0 Å². The van der Waals surface area contributed by atoms with Crippen molar-refractivity contribution in [2.45, 2.75) is 25.0 Å². The fraction of sp³-hybridized carbons (Fsp3) is 0.529. The van der Waals surface area contributed by atoms with Gasteiger partial charge in [-0.3, -0.25) is 9.59 Å². The maximum absolute atomic E-state index is 12.6. The van der Waals surface area contributed by atoms with Gasteiger partial charge in [-0.15, -0.1) is 12.4 Å². The van der Waals surface area contributed by atoms with Gasteiger partial charge < -0.3 is 20.3 Å². The van der Waals surface area contributed by atoms with Gasteiger partial charge in [0.25, 0.3) is 11.8 Å². The van der Waals surface area contributed by atoms with Crippen LogP contribution in [0.2, 0.25) is 10.0 Å².